The highest BCUT2D eigenvalue weighted by molar-refractivity contribution is 6.35. The SMILES string of the molecule is O=C[C@H](C[C@@H]1CCNC1=O)NC(=O)C1[C@H]2CCC[C@H]2CN1C(=O)CCc1ccc(Cl)cc1Cl. The highest BCUT2D eigenvalue weighted by Gasteiger charge is 2.49. The Morgan fingerprint density at radius 3 is 2.76 bits per heavy atom. The summed E-state index contributed by atoms with van der Waals surface area (Å²) >= 11 is 12.2. The number of aryl methyl sites for hydroxylation is 1. The second kappa shape index (κ2) is 10.4. The van der Waals surface area contributed by atoms with Gasteiger partial charge in [0.15, 0.2) is 0 Å². The number of carbonyl (C=O) groups excluding carboxylic acids is 4. The lowest BCUT2D eigenvalue weighted by Gasteiger charge is -2.28. The van der Waals surface area contributed by atoms with Crippen molar-refractivity contribution >= 4 is 47.2 Å². The molecule has 3 aliphatic rings. The molecule has 4 rings (SSSR count). The van der Waals surface area contributed by atoms with Gasteiger partial charge in [-0.3, -0.25) is 14.4 Å². The summed E-state index contributed by atoms with van der Waals surface area (Å²) in [5.74, 6) is -0.323. The summed E-state index contributed by atoms with van der Waals surface area (Å²) in [4.78, 5) is 51.7. The molecule has 0 radical (unpaired) electrons. The topological polar surface area (TPSA) is 95.6 Å². The zero-order valence-electron chi connectivity index (χ0n) is 18.4. The number of likely N-dealkylation sites (tertiary alicyclic amines) is 1. The van der Waals surface area contributed by atoms with E-state index in [0.29, 0.717) is 48.2 Å². The molecule has 1 saturated carbocycles. The molecule has 2 saturated heterocycles. The number of fused-ring (bicyclic) bond motifs is 1. The van der Waals surface area contributed by atoms with Crippen LogP contribution in [0.15, 0.2) is 18.2 Å². The van der Waals surface area contributed by atoms with E-state index >= 15 is 0 Å². The molecular formula is C24H29Cl2N3O4. The maximum absolute atomic E-state index is 13.3. The van der Waals surface area contributed by atoms with Crippen molar-refractivity contribution in [3.63, 3.8) is 0 Å². The van der Waals surface area contributed by atoms with Crippen LogP contribution in [-0.2, 0) is 25.6 Å². The molecular weight excluding hydrogens is 465 g/mol. The van der Waals surface area contributed by atoms with Crippen molar-refractivity contribution < 1.29 is 19.2 Å². The summed E-state index contributed by atoms with van der Waals surface area (Å²) in [6, 6.07) is 3.90. The largest absolute Gasteiger partial charge is 0.356 e. The second-order valence-electron chi connectivity index (χ2n) is 9.34. The van der Waals surface area contributed by atoms with Crippen molar-refractivity contribution in [2.45, 2.75) is 57.0 Å². The minimum atomic E-state index is -0.739. The van der Waals surface area contributed by atoms with Crippen molar-refractivity contribution in [2.24, 2.45) is 17.8 Å². The van der Waals surface area contributed by atoms with Crippen LogP contribution in [0.2, 0.25) is 10.0 Å². The van der Waals surface area contributed by atoms with E-state index in [2.05, 4.69) is 10.6 Å². The van der Waals surface area contributed by atoms with Crippen LogP contribution in [0.3, 0.4) is 0 Å². The summed E-state index contributed by atoms with van der Waals surface area (Å²) < 4.78 is 0. The van der Waals surface area contributed by atoms with E-state index in [1.807, 2.05) is 6.07 Å². The lowest BCUT2D eigenvalue weighted by molar-refractivity contribution is -0.140. The average molecular weight is 494 g/mol. The molecule has 1 aliphatic carbocycles. The van der Waals surface area contributed by atoms with Gasteiger partial charge in [-0.2, -0.15) is 0 Å². The Bertz CT molecular complexity index is 940. The number of halogens is 2. The number of nitrogens with zero attached hydrogens (tertiary/aromatic N) is 1. The predicted molar refractivity (Wildman–Crippen MR) is 125 cm³/mol. The highest BCUT2D eigenvalue weighted by Crippen LogP contribution is 2.42. The quantitative estimate of drug-likeness (QED) is 0.544. The van der Waals surface area contributed by atoms with E-state index in [1.54, 1.807) is 17.0 Å². The highest BCUT2D eigenvalue weighted by atomic mass is 35.5. The third-order valence-corrected chi connectivity index (χ3v) is 7.88. The zero-order valence-corrected chi connectivity index (χ0v) is 19.9. The first-order valence-electron chi connectivity index (χ1n) is 11.6. The predicted octanol–water partition coefficient (Wildman–Crippen LogP) is 2.76. The van der Waals surface area contributed by atoms with Gasteiger partial charge in [0.2, 0.25) is 17.7 Å². The van der Waals surface area contributed by atoms with Gasteiger partial charge in [-0.1, -0.05) is 35.7 Å². The molecule has 7 nitrogen and oxygen atoms in total. The van der Waals surface area contributed by atoms with Gasteiger partial charge in [0.25, 0.3) is 0 Å². The number of hydrogen-bond acceptors (Lipinski definition) is 4. The van der Waals surface area contributed by atoms with Gasteiger partial charge < -0.3 is 20.3 Å². The third kappa shape index (κ3) is 5.35. The van der Waals surface area contributed by atoms with Gasteiger partial charge in [0.05, 0.1) is 6.04 Å². The maximum atomic E-state index is 13.3. The second-order valence-corrected chi connectivity index (χ2v) is 10.2. The Hall–Kier alpha value is -2.12. The van der Waals surface area contributed by atoms with E-state index in [9.17, 15) is 19.2 Å². The van der Waals surface area contributed by atoms with Gasteiger partial charge in [-0.25, -0.2) is 0 Å². The number of amides is 3. The van der Waals surface area contributed by atoms with Crippen LogP contribution in [0.1, 0.15) is 44.1 Å². The summed E-state index contributed by atoms with van der Waals surface area (Å²) in [5.41, 5.74) is 0.839. The molecule has 0 bridgehead atoms. The van der Waals surface area contributed by atoms with E-state index in [1.165, 1.54) is 0 Å². The fraction of sp³-hybridized carbons (Fsp3) is 0.583. The van der Waals surface area contributed by atoms with Crippen LogP contribution in [-0.4, -0.2) is 54.1 Å². The van der Waals surface area contributed by atoms with Crippen LogP contribution in [0.25, 0.3) is 0 Å². The minimum absolute atomic E-state index is 0.0783. The normalized spacial score (nSPS) is 27.2. The Kier molecular flexibility index (Phi) is 7.59. The van der Waals surface area contributed by atoms with E-state index in [0.717, 1.165) is 24.8 Å². The Morgan fingerprint density at radius 1 is 1.24 bits per heavy atom. The average Bonchev–Trinajstić information content (AvgIpc) is 3.48. The van der Waals surface area contributed by atoms with E-state index < -0.39 is 12.1 Å². The van der Waals surface area contributed by atoms with Crippen molar-refractivity contribution in [3.05, 3.63) is 33.8 Å². The smallest absolute Gasteiger partial charge is 0.243 e. The van der Waals surface area contributed by atoms with Gasteiger partial charge in [0, 0.05) is 35.5 Å². The zero-order chi connectivity index (χ0) is 23.5. The molecule has 2 heterocycles. The number of rotatable bonds is 8. The maximum Gasteiger partial charge on any atom is 0.243 e. The Labute approximate surface area is 203 Å². The van der Waals surface area contributed by atoms with Crippen LogP contribution >= 0.6 is 23.2 Å². The monoisotopic (exact) mass is 493 g/mol. The molecule has 2 N–H and O–H groups in total. The number of hydrogen-bond donors (Lipinski definition) is 2. The summed E-state index contributed by atoms with van der Waals surface area (Å²) in [6.45, 7) is 1.15. The van der Waals surface area contributed by atoms with Crippen molar-refractivity contribution in [3.8, 4) is 0 Å². The molecule has 3 fully saturated rings. The fourth-order valence-corrected chi connectivity index (χ4v) is 6.10. The Balaban J connectivity index is 1.42. The van der Waals surface area contributed by atoms with Crippen LogP contribution < -0.4 is 10.6 Å². The fourth-order valence-electron chi connectivity index (χ4n) is 5.60. The standard InChI is InChI=1S/C24H29Cl2N3O4/c25-17-6-4-14(20(26)11-17)5-7-21(31)29-12-16-2-1-3-19(16)22(29)24(33)28-18(13-30)10-15-8-9-27-23(15)32/h4,6,11,13,15-16,18-19,22H,1-3,5,7-10,12H2,(H,27,32)(H,28,33)/t15-,16-,18-,19-,22?/m0/s1. The van der Waals surface area contributed by atoms with E-state index in [4.69, 9.17) is 23.2 Å². The van der Waals surface area contributed by atoms with E-state index in [-0.39, 0.29) is 42.4 Å². The number of carbonyl (C=O) groups is 4. The first kappa shape index (κ1) is 24.0. The summed E-state index contributed by atoms with van der Waals surface area (Å²) in [5, 5.41) is 6.64. The van der Waals surface area contributed by atoms with Gasteiger partial charge in [-0.15, -0.1) is 0 Å². The van der Waals surface area contributed by atoms with Crippen molar-refractivity contribution in [2.75, 3.05) is 13.1 Å². The molecule has 1 aromatic carbocycles. The minimum Gasteiger partial charge on any atom is -0.356 e. The number of aldehydes is 1. The molecule has 3 amide bonds. The first-order valence-corrected chi connectivity index (χ1v) is 12.4. The molecule has 9 heteroatoms. The molecule has 0 spiro atoms. The van der Waals surface area contributed by atoms with Crippen LogP contribution in [0.4, 0.5) is 0 Å². The van der Waals surface area contributed by atoms with Gasteiger partial charge >= 0.3 is 0 Å². The molecule has 33 heavy (non-hydrogen) atoms. The summed E-state index contributed by atoms with van der Waals surface area (Å²) in [6.07, 6.45) is 5.27. The Morgan fingerprint density at radius 2 is 2.06 bits per heavy atom. The summed E-state index contributed by atoms with van der Waals surface area (Å²) in [7, 11) is 0. The molecule has 0 aromatic heterocycles. The van der Waals surface area contributed by atoms with Crippen LogP contribution in [0.5, 0.6) is 0 Å². The molecule has 2 aliphatic heterocycles. The molecule has 178 valence electrons. The van der Waals surface area contributed by atoms with Gasteiger partial charge in [0.1, 0.15) is 12.3 Å². The lowest BCUT2D eigenvalue weighted by atomic mass is 9.92. The van der Waals surface area contributed by atoms with Crippen molar-refractivity contribution in [1.82, 2.24) is 15.5 Å². The molecule has 1 aromatic rings. The number of nitrogens with one attached hydrogen (secondary N) is 2. The van der Waals surface area contributed by atoms with Crippen molar-refractivity contribution in [1.29, 1.82) is 0 Å². The van der Waals surface area contributed by atoms with Crippen LogP contribution in [0, 0.1) is 17.8 Å². The van der Waals surface area contributed by atoms with Gasteiger partial charge in [-0.05, 0) is 61.6 Å². The third-order valence-electron chi connectivity index (χ3n) is 7.30. The number of benzene rings is 1. The molecule has 5 atom stereocenters. The lowest BCUT2D eigenvalue weighted by Crippen LogP contribution is -2.52. The first-order chi connectivity index (χ1) is 15.9. The molecule has 1 unspecified atom stereocenters.